The van der Waals surface area contributed by atoms with E-state index in [4.69, 9.17) is 0 Å². The Kier molecular flexibility index (Phi) is 3.95. The number of nitrogens with zero attached hydrogens (tertiary/aromatic N) is 1. The van der Waals surface area contributed by atoms with Gasteiger partial charge in [0, 0.05) is 25.3 Å². The Hall–Kier alpha value is -2.16. The van der Waals surface area contributed by atoms with Crippen LogP contribution in [0.25, 0.3) is 12.2 Å². The average Bonchev–Trinajstić information content (AvgIpc) is 2.38. The van der Waals surface area contributed by atoms with Crippen LogP contribution < -0.4 is 4.90 Å². The van der Waals surface area contributed by atoms with Gasteiger partial charge in [0.2, 0.25) is 0 Å². The molecule has 0 N–H and O–H groups in total. The highest BCUT2D eigenvalue weighted by Crippen LogP contribution is 2.18. The molecule has 0 saturated carbocycles. The molecule has 98 valence electrons. The van der Waals surface area contributed by atoms with E-state index in [0.29, 0.717) is 0 Å². The van der Waals surface area contributed by atoms with Crippen molar-refractivity contribution in [3.05, 3.63) is 65.2 Å². The average molecular weight is 259 g/mol. The van der Waals surface area contributed by atoms with Crippen LogP contribution in [0.15, 0.2) is 42.5 Å². The molecule has 0 aromatic heterocycles. The molecular formula is C16H15F2N. The summed E-state index contributed by atoms with van der Waals surface area (Å²) in [6, 6.07) is 11.6. The maximum atomic E-state index is 13.5. The summed E-state index contributed by atoms with van der Waals surface area (Å²) in [7, 11) is 3.89. The van der Waals surface area contributed by atoms with Crippen molar-refractivity contribution >= 4 is 17.8 Å². The normalized spacial score (nSPS) is 10.9. The lowest BCUT2D eigenvalue weighted by molar-refractivity contribution is 0.579. The predicted molar refractivity (Wildman–Crippen MR) is 76.1 cm³/mol. The van der Waals surface area contributed by atoms with Crippen LogP contribution in [0, 0.1) is 11.6 Å². The molecule has 0 aliphatic carbocycles. The van der Waals surface area contributed by atoms with E-state index < -0.39 is 11.6 Å². The summed E-state index contributed by atoms with van der Waals surface area (Å²) in [4.78, 5) is 1.97. The Labute approximate surface area is 111 Å². The van der Waals surface area contributed by atoms with Gasteiger partial charge in [-0.25, -0.2) is 8.78 Å². The Balaban J connectivity index is 2.30. The zero-order chi connectivity index (χ0) is 13.8. The van der Waals surface area contributed by atoms with E-state index in [0.717, 1.165) is 11.3 Å². The van der Waals surface area contributed by atoms with E-state index >= 15 is 0 Å². The summed E-state index contributed by atoms with van der Waals surface area (Å²) in [6.45, 7) is 0. The summed E-state index contributed by atoms with van der Waals surface area (Å²) in [5, 5.41) is 0. The van der Waals surface area contributed by atoms with Crippen LogP contribution in [0.3, 0.4) is 0 Å². The number of anilines is 1. The highest BCUT2D eigenvalue weighted by atomic mass is 19.1. The summed E-state index contributed by atoms with van der Waals surface area (Å²) in [5.41, 5.74) is 1.92. The molecule has 1 nitrogen and oxygen atoms in total. The topological polar surface area (TPSA) is 3.24 Å². The molecule has 0 atom stereocenters. The van der Waals surface area contributed by atoms with Crippen LogP contribution in [0.2, 0.25) is 0 Å². The second-order valence-corrected chi connectivity index (χ2v) is 4.46. The number of hydrogen-bond donors (Lipinski definition) is 0. The molecule has 0 unspecified atom stereocenters. The molecule has 19 heavy (non-hydrogen) atoms. The quantitative estimate of drug-likeness (QED) is 0.747. The second kappa shape index (κ2) is 5.65. The molecule has 2 rings (SSSR count). The standard InChI is InChI=1S/C16H15F2N/c1-19(2)13-6-3-5-12(11-13)9-10-14-15(17)7-4-8-16(14)18/h3-11H,1-2H3. The Morgan fingerprint density at radius 1 is 0.895 bits per heavy atom. The first-order chi connectivity index (χ1) is 9.08. The van der Waals surface area contributed by atoms with Crippen LogP contribution in [-0.4, -0.2) is 14.1 Å². The monoisotopic (exact) mass is 259 g/mol. The highest BCUT2D eigenvalue weighted by Gasteiger charge is 2.04. The molecule has 0 fully saturated rings. The van der Waals surface area contributed by atoms with Gasteiger partial charge in [0.1, 0.15) is 11.6 Å². The van der Waals surface area contributed by atoms with Crippen LogP contribution in [0.1, 0.15) is 11.1 Å². The van der Waals surface area contributed by atoms with Crippen molar-refractivity contribution < 1.29 is 8.78 Å². The zero-order valence-corrected chi connectivity index (χ0v) is 10.9. The fraction of sp³-hybridized carbons (Fsp3) is 0.125. The lowest BCUT2D eigenvalue weighted by atomic mass is 10.1. The molecule has 0 heterocycles. The Morgan fingerprint density at radius 2 is 1.53 bits per heavy atom. The minimum atomic E-state index is -0.556. The molecule has 0 amide bonds. The van der Waals surface area contributed by atoms with E-state index in [9.17, 15) is 8.78 Å². The van der Waals surface area contributed by atoms with Gasteiger partial charge in [0.15, 0.2) is 0 Å². The first-order valence-electron chi connectivity index (χ1n) is 5.97. The molecule has 0 saturated heterocycles. The third-order valence-electron chi connectivity index (χ3n) is 2.83. The fourth-order valence-corrected chi connectivity index (χ4v) is 1.76. The first-order valence-corrected chi connectivity index (χ1v) is 5.97. The maximum Gasteiger partial charge on any atom is 0.133 e. The second-order valence-electron chi connectivity index (χ2n) is 4.46. The molecule has 0 bridgehead atoms. The largest absolute Gasteiger partial charge is 0.378 e. The molecule has 2 aromatic carbocycles. The van der Waals surface area contributed by atoms with Crippen LogP contribution in [0.4, 0.5) is 14.5 Å². The fourth-order valence-electron chi connectivity index (χ4n) is 1.76. The smallest absolute Gasteiger partial charge is 0.133 e. The maximum absolute atomic E-state index is 13.5. The molecule has 0 aliphatic heterocycles. The van der Waals surface area contributed by atoms with Crippen LogP contribution in [-0.2, 0) is 0 Å². The van der Waals surface area contributed by atoms with Gasteiger partial charge in [-0.05, 0) is 35.9 Å². The number of halogens is 2. The molecule has 0 aliphatic rings. The molecule has 3 heteroatoms. The third-order valence-corrected chi connectivity index (χ3v) is 2.83. The van der Waals surface area contributed by atoms with Crippen molar-refractivity contribution in [2.24, 2.45) is 0 Å². The number of benzene rings is 2. The SMILES string of the molecule is CN(C)c1cccc(C=Cc2c(F)cccc2F)c1. The predicted octanol–water partition coefficient (Wildman–Crippen LogP) is 4.20. The third kappa shape index (κ3) is 3.19. The van der Waals surface area contributed by atoms with Gasteiger partial charge in [0.25, 0.3) is 0 Å². The van der Waals surface area contributed by atoms with Crippen molar-refractivity contribution in [2.45, 2.75) is 0 Å². The highest BCUT2D eigenvalue weighted by molar-refractivity contribution is 5.71. The molecular weight excluding hydrogens is 244 g/mol. The molecule has 0 spiro atoms. The van der Waals surface area contributed by atoms with Gasteiger partial charge < -0.3 is 4.90 Å². The van der Waals surface area contributed by atoms with Gasteiger partial charge in [-0.1, -0.05) is 24.3 Å². The lowest BCUT2D eigenvalue weighted by Gasteiger charge is -2.12. The minimum Gasteiger partial charge on any atom is -0.378 e. The van der Waals surface area contributed by atoms with Gasteiger partial charge in [-0.15, -0.1) is 0 Å². The van der Waals surface area contributed by atoms with E-state index in [1.165, 1.54) is 24.3 Å². The lowest BCUT2D eigenvalue weighted by Crippen LogP contribution is -2.08. The van der Waals surface area contributed by atoms with E-state index in [1.807, 2.05) is 43.3 Å². The summed E-state index contributed by atoms with van der Waals surface area (Å²) < 4.78 is 26.9. The first kappa shape index (κ1) is 13.3. The minimum absolute atomic E-state index is 0.0160. The van der Waals surface area contributed by atoms with Gasteiger partial charge in [-0.2, -0.15) is 0 Å². The summed E-state index contributed by atoms with van der Waals surface area (Å²) in [6.07, 6.45) is 3.16. The van der Waals surface area contributed by atoms with Gasteiger partial charge in [0.05, 0.1) is 0 Å². The van der Waals surface area contributed by atoms with Gasteiger partial charge >= 0.3 is 0 Å². The summed E-state index contributed by atoms with van der Waals surface area (Å²) in [5.74, 6) is -1.11. The zero-order valence-electron chi connectivity index (χ0n) is 10.9. The molecule has 0 radical (unpaired) electrons. The van der Waals surface area contributed by atoms with Gasteiger partial charge in [-0.3, -0.25) is 0 Å². The number of rotatable bonds is 3. The summed E-state index contributed by atoms with van der Waals surface area (Å²) >= 11 is 0. The van der Waals surface area contributed by atoms with E-state index in [2.05, 4.69) is 0 Å². The van der Waals surface area contributed by atoms with E-state index in [1.54, 1.807) is 6.08 Å². The Morgan fingerprint density at radius 3 is 2.16 bits per heavy atom. The van der Waals surface area contributed by atoms with Crippen molar-refractivity contribution in [1.29, 1.82) is 0 Å². The number of hydrogen-bond acceptors (Lipinski definition) is 1. The van der Waals surface area contributed by atoms with Crippen LogP contribution in [0.5, 0.6) is 0 Å². The van der Waals surface area contributed by atoms with Crippen molar-refractivity contribution in [3.63, 3.8) is 0 Å². The van der Waals surface area contributed by atoms with E-state index in [-0.39, 0.29) is 5.56 Å². The van der Waals surface area contributed by atoms with Crippen LogP contribution >= 0.6 is 0 Å². The van der Waals surface area contributed by atoms with Crippen molar-refractivity contribution in [2.75, 3.05) is 19.0 Å². The Bertz CT molecular complexity index is 583. The van der Waals surface area contributed by atoms with Crippen molar-refractivity contribution in [1.82, 2.24) is 0 Å². The molecule has 2 aromatic rings. The van der Waals surface area contributed by atoms with Crippen molar-refractivity contribution in [3.8, 4) is 0 Å².